The molecular weight excluding hydrogens is 182 g/mol. The highest BCUT2D eigenvalue weighted by atomic mass is 16.3. The van der Waals surface area contributed by atoms with Crippen LogP contribution >= 0.6 is 0 Å². The molecule has 1 saturated heterocycles. The van der Waals surface area contributed by atoms with Crippen LogP contribution in [0.3, 0.4) is 0 Å². The normalized spacial score (nSPS) is 16.8. The summed E-state index contributed by atoms with van der Waals surface area (Å²) in [5.74, 6) is 0.0723. The van der Waals surface area contributed by atoms with E-state index < -0.39 is 0 Å². The van der Waals surface area contributed by atoms with E-state index in [2.05, 4.69) is 0 Å². The van der Waals surface area contributed by atoms with Gasteiger partial charge in [-0.1, -0.05) is 0 Å². The van der Waals surface area contributed by atoms with E-state index in [4.69, 9.17) is 4.42 Å². The maximum atomic E-state index is 11.3. The second kappa shape index (κ2) is 3.29. The number of furan rings is 1. The molecule has 14 heavy (non-hydrogen) atoms. The van der Waals surface area contributed by atoms with Crippen LogP contribution in [0.15, 0.2) is 16.7 Å². The van der Waals surface area contributed by atoms with E-state index >= 15 is 0 Å². The molecule has 0 aliphatic carbocycles. The van der Waals surface area contributed by atoms with Gasteiger partial charge in [0.25, 0.3) is 5.91 Å². The molecule has 1 amide bonds. The Bertz CT molecular complexity index is 380. The Hall–Kier alpha value is -1.58. The van der Waals surface area contributed by atoms with Crippen molar-refractivity contribution in [2.24, 2.45) is 0 Å². The summed E-state index contributed by atoms with van der Waals surface area (Å²) in [4.78, 5) is 23.8. The Morgan fingerprint density at radius 1 is 1.50 bits per heavy atom. The van der Waals surface area contributed by atoms with Gasteiger partial charge in [-0.05, 0) is 18.6 Å². The second-order valence-electron chi connectivity index (χ2n) is 3.43. The van der Waals surface area contributed by atoms with Crippen molar-refractivity contribution in [2.45, 2.75) is 19.9 Å². The van der Waals surface area contributed by atoms with Crippen LogP contribution in [0.4, 0.5) is 0 Å². The Labute approximate surface area is 81.5 Å². The summed E-state index contributed by atoms with van der Waals surface area (Å²) in [6.07, 6.45) is 1.92. The zero-order valence-corrected chi connectivity index (χ0v) is 7.95. The fraction of sp³-hybridized carbons (Fsp3) is 0.400. The quantitative estimate of drug-likeness (QED) is 0.655. The molecule has 0 atom stereocenters. The monoisotopic (exact) mass is 193 g/mol. The molecule has 4 nitrogen and oxygen atoms in total. The van der Waals surface area contributed by atoms with Crippen molar-refractivity contribution in [3.8, 4) is 0 Å². The highest BCUT2D eigenvalue weighted by Crippen LogP contribution is 2.15. The van der Waals surface area contributed by atoms with Gasteiger partial charge in [0.15, 0.2) is 0 Å². The highest BCUT2D eigenvalue weighted by Gasteiger charge is 2.29. The molecule has 0 saturated carbocycles. The summed E-state index contributed by atoms with van der Waals surface area (Å²) in [5.41, 5.74) is 1.01. The number of carbonyl (C=O) groups excluding carboxylic acids is 2. The maximum absolute atomic E-state index is 11.3. The van der Waals surface area contributed by atoms with Crippen LogP contribution in [0.25, 0.3) is 0 Å². The summed E-state index contributed by atoms with van der Waals surface area (Å²) in [7, 11) is 0. The third kappa shape index (κ3) is 1.43. The first-order valence-corrected chi connectivity index (χ1v) is 4.53. The number of aryl methyl sites for hydroxylation is 1. The lowest BCUT2D eigenvalue weighted by Crippen LogP contribution is -2.26. The van der Waals surface area contributed by atoms with Gasteiger partial charge in [-0.25, -0.2) is 0 Å². The predicted octanol–water partition coefficient (Wildman–Crippen LogP) is 0.889. The molecule has 1 aliphatic heterocycles. The van der Waals surface area contributed by atoms with Crippen molar-refractivity contribution in [1.29, 1.82) is 0 Å². The van der Waals surface area contributed by atoms with Gasteiger partial charge < -0.3 is 9.32 Å². The van der Waals surface area contributed by atoms with Crippen LogP contribution in [0, 0.1) is 6.92 Å². The van der Waals surface area contributed by atoms with E-state index in [0.29, 0.717) is 19.5 Å². The lowest BCUT2D eigenvalue weighted by Gasteiger charge is -2.12. The van der Waals surface area contributed by atoms with Crippen LogP contribution < -0.4 is 0 Å². The van der Waals surface area contributed by atoms with Crippen molar-refractivity contribution in [1.82, 2.24) is 4.90 Å². The number of hydrogen-bond donors (Lipinski definition) is 0. The number of nitrogens with zero attached hydrogens (tertiary/aromatic N) is 1. The van der Waals surface area contributed by atoms with Crippen LogP contribution in [-0.4, -0.2) is 23.1 Å². The smallest absolute Gasteiger partial charge is 0.290 e. The van der Waals surface area contributed by atoms with E-state index in [-0.39, 0.29) is 11.7 Å². The lowest BCUT2D eigenvalue weighted by molar-refractivity contribution is -0.140. The topological polar surface area (TPSA) is 50.5 Å². The van der Waals surface area contributed by atoms with Crippen molar-refractivity contribution >= 4 is 11.7 Å². The average molecular weight is 193 g/mol. The molecule has 2 heterocycles. The minimum atomic E-state index is -0.388. The third-order valence-corrected chi connectivity index (χ3v) is 2.44. The molecule has 1 aromatic rings. The SMILES string of the molecule is Cc1ccoc1CN1CCC(=O)C1=O. The lowest BCUT2D eigenvalue weighted by atomic mass is 10.3. The summed E-state index contributed by atoms with van der Waals surface area (Å²) in [6.45, 7) is 2.84. The van der Waals surface area contributed by atoms with Crippen LogP contribution in [0.2, 0.25) is 0 Å². The molecule has 1 aromatic heterocycles. The number of likely N-dealkylation sites (tertiary alicyclic amines) is 1. The van der Waals surface area contributed by atoms with Gasteiger partial charge in [0.2, 0.25) is 5.78 Å². The van der Waals surface area contributed by atoms with Gasteiger partial charge in [0, 0.05) is 13.0 Å². The molecule has 1 fully saturated rings. The van der Waals surface area contributed by atoms with Crippen LogP contribution in [0.5, 0.6) is 0 Å². The molecule has 0 aromatic carbocycles. The highest BCUT2D eigenvalue weighted by molar-refractivity contribution is 6.37. The maximum Gasteiger partial charge on any atom is 0.290 e. The largest absolute Gasteiger partial charge is 0.467 e. The summed E-state index contributed by atoms with van der Waals surface area (Å²) >= 11 is 0. The number of carbonyl (C=O) groups is 2. The van der Waals surface area contributed by atoms with Crippen molar-refractivity contribution in [2.75, 3.05) is 6.54 Å². The number of rotatable bonds is 2. The standard InChI is InChI=1S/C10H11NO3/c1-7-3-5-14-9(7)6-11-4-2-8(12)10(11)13/h3,5H,2,4,6H2,1H3. The summed E-state index contributed by atoms with van der Waals surface area (Å²) < 4.78 is 5.20. The fourth-order valence-corrected chi connectivity index (χ4v) is 1.51. The third-order valence-electron chi connectivity index (χ3n) is 2.44. The Morgan fingerprint density at radius 2 is 2.29 bits per heavy atom. The van der Waals surface area contributed by atoms with Gasteiger partial charge in [-0.2, -0.15) is 0 Å². The average Bonchev–Trinajstić information content (AvgIpc) is 2.68. The van der Waals surface area contributed by atoms with Crippen LogP contribution in [-0.2, 0) is 16.1 Å². The van der Waals surface area contributed by atoms with E-state index in [1.807, 2.05) is 13.0 Å². The minimum Gasteiger partial charge on any atom is -0.467 e. The molecule has 0 bridgehead atoms. The van der Waals surface area contributed by atoms with Crippen molar-refractivity contribution in [3.05, 3.63) is 23.7 Å². The molecular formula is C10H11NO3. The number of Topliss-reactive ketones (excluding diaryl/α,β-unsaturated/α-hetero) is 1. The summed E-state index contributed by atoms with van der Waals surface area (Å²) in [6, 6.07) is 1.84. The first-order chi connectivity index (χ1) is 6.68. The Kier molecular flexibility index (Phi) is 2.11. The molecule has 0 spiro atoms. The van der Waals surface area contributed by atoms with Gasteiger partial charge in [-0.15, -0.1) is 0 Å². The molecule has 4 heteroatoms. The predicted molar refractivity (Wildman–Crippen MR) is 48.5 cm³/mol. The fourth-order valence-electron chi connectivity index (χ4n) is 1.51. The zero-order chi connectivity index (χ0) is 10.1. The van der Waals surface area contributed by atoms with E-state index in [0.717, 1.165) is 11.3 Å². The van der Waals surface area contributed by atoms with Crippen LogP contribution in [0.1, 0.15) is 17.7 Å². The summed E-state index contributed by atoms with van der Waals surface area (Å²) in [5, 5.41) is 0. The van der Waals surface area contributed by atoms with Gasteiger partial charge in [-0.3, -0.25) is 9.59 Å². The van der Waals surface area contributed by atoms with E-state index in [1.165, 1.54) is 4.90 Å². The molecule has 74 valence electrons. The number of ketones is 1. The molecule has 0 radical (unpaired) electrons. The number of hydrogen-bond acceptors (Lipinski definition) is 3. The van der Waals surface area contributed by atoms with Gasteiger partial charge >= 0.3 is 0 Å². The molecule has 1 aliphatic rings. The van der Waals surface area contributed by atoms with Crippen molar-refractivity contribution < 1.29 is 14.0 Å². The Morgan fingerprint density at radius 3 is 2.79 bits per heavy atom. The van der Waals surface area contributed by atoms with E-state index in [1.54, 1.807) is 6.26 Å². The second-order valence-corrected chi connectivity index (χ2v) is 3.43. The van der Waals surface area contributed by atoms with Crippen molar-refractivity contribution in [3.63, 3.8) is 0 Å². The van der Waals surface area contributed by atoms with Gasteiger partial charge in [0.1, 0.15) is 5.76 Å². The minimum absolute atomic E-state index is 0.297. The first-order valence-electron chi connectivity index (χ1n) is 4.53. The van der Waals surface area contributed by atoms with Gasteiger partial charge in [0.05, 0.1) is 12.8 Å². The molecule has 2 rings (SSSR count). The molecule has 0 unspecified atom stereocenters. The Balaban J connectivity index is 2.09. The first kappa shape index (κ1) is 8.99. The zero-order valence-electron chi connectivity index (χ0n) is 7.95. The van der Waals surface area contributed by atoms with E-state index in [9.17, 15) is 9.59 Å². The molecule has 0 N–H and O–H groups in total. The number of amides is 1.